The topological polar surface area (TPSA) is 45.8 Å². The van der Waals surface area contributed by atoms with Gasteiger partial charge in [0, 0.05) is 5.56 Å². The van der Waals surface area contributed by atoms with Crippen LogP contribution >= 0.6 is 0 Å². The molecule has 0 spiro atoms. The molecule has 82 valence electrons. The molecule has 0 unspecified atom stereocenters. The molecule has 0 aliphatic carbocycles. The van der Waals surface area contributed by atoms with Crippen LogP contribution in [-0.4, -0.2) is 9.97 Å². The maximum absolute atomic E-state index is 13.3. The molecule has 1 aromatic heterocycles. The van der Waals surface area contributed by atoms with Crippen LogP contribution in [0.25, 0.3) is 11.3 Å². The first kappa shape index (κ1) is 10.4. The van der Waals surface area contributed by atoms with Gasteiger partial charge in [0.25, 0.3) is 0 Å². The Bertz CT molecular complexity index is 595. The highest BCUT2D eigenvalue weighted by atomic mass is 19.1. The van der Waals surface area contributed by atoms with Gasteiger partial charge in [-0.25, -0.2) is 18.0 Å². The van der Waals surface area contributed by atoms with Gasteiger partial charge in [0.1, 0.15) is 11.6 Å². The summed E-state index contributed by atoms with van der Waals surface area (Å²) in [6.07, 6.45) is 0.651. The zero-order chi connectivity index (χ0) is 11.7. The van der Waals surface area contributed by atoms with Crippen molar-refractivity contribution in [3.8, 4) is 11.3 Å². The fourth-order valence-electron chi connectivity index (χ4n) is 1.26. The molecule has 0 aliphatic rings. The molecule has 0 radical (unpaired) electrons. The number of nitrogens with one attached hydrogen (secondary N) is 1. The van der Waals surface area contributed by atoms with Crippen LogP contribution in [0.2, 0.25) is 0 Å². The van der Waals surface area contributed by atoms with E-state index in [0.29, 0.717) is 6.20 Å². The number of nitrogens with zero attached hydrogens (tertiary/aromatic N) is 1. The van der Waals surface area contributed by atoms with Gasteiger partial charge in [-0.05, 0) is 18.2 Å². The Kier molecular flexibility index (Phi) is 2.47. The van der Waals surface area contributed by atoms with Crippen molar-refractivity contribution in [3.05, 3.63) is 52.3 Å². The van der Waals surface area contributed by atoms with Gasteiger partial charge in [-0.2, -0.15) is 4.98 Å². The van der Waals surface area contributed by atoms with Crippen LogP contribution in [-0.2, 0) is 0 Å². The number of hydrogen-bond donors (Lipinski definition) is 1. The van der Waals surface area contributed by atoms with E-state index in [0.717, 1.165) is 18.2 Å². The van der Waals surface area contributed by atoms with E-state index in [4.69, 9.17) is 0 Å². The van der Waals surface area contributed by atoms with Crippen molar-refractivity contribution in [1.29, 1.82) is 0 Å². The number of H-pyrrole nitrogens is 1. The van der Waals surface area contributed by atoms with Crippen molar-refractivity contribution in [3.63, 3.8) is 0 Å². The zero-order valence-corrected chi connectivity index (χ0v) is 7.80. The summed E-state index contributed by atoms with van der Waals surface area (Å²) in [6, 6.07) is 2.54. The van der Waals surface area contributed by atoms with Gasteiger partial charge in [0.15, 0.2) is 5.82 Å². The molecule has 3 nitrogen and oxygen atoms in total. The highest BCUT2D eigenvalue weighted by Crippen LogP contribution is 2.22. The average molecular weight is 226 g/mol. The van der Waals surface area contributed by atoms with Crippen molar-refractivity contribution in [2.45, 2.75) is 0 Å². The summed E-state index contributed by atoms with van der Waals surface area (Å²) < 4.78 is 39.4. The van der Waals surface area contributed by atoms with Gasteiger partial charge < -0.3 is 4.98 Å². The normalized spacial score (nSPS) is 10.4. The molecule has 1 aromatic carbocycles. The number of rotatable bonds is 1. The number of aromatic nitrogens is 2. The monoisotopic (exact) mass is 226 g/mol. The van der Waals surface area contributed by atoms with Gasteiger partial charge in [0.2, 0.25) is 0 Å². The lowest BCUT2D eigenvalue weighted by Crippen LogP contribution is -2.12. The molecule has 0 saturated heterocycles. The van der Waals surface area contributed by atoms with E-state index in [1.807, 2.05) is 4.98 Å². The van der Waals surface area contributed by atoms with E-state index in [9.17, 15) is 18.0 Å². The van der Waals surface area contributed by atoms with Crippen molar-refractivity contribution in [1.82, 2.24) is 9.97 Å². The molecule has 16 heavy (non-hydrogen) atoms. The highest BCUT2D eigenvalue weighted by Gasteiger charge is 2.12. The lowest BCUT2D eigenvalue weighted by Gasteiger charge is -2.03. The lowest BCUT2D eigenvalue weighted by atomic mass is 10.1. The van der Waals surface area contributed by atoms with Crippen molar-refractivity contribution < 1.29 is 13.2 Å². The largest absolute Gasteiger partial charge is 0.345 e. The summed E-state index contributed by atoms with van der Waals surface area (Å²) in [7, 11) is 0. The Balaban J connectivity index is 2.71. The second kappa shape index (κ2) is 3.80. The minimum atomic E-state index is -0.927. The third kappa shape index (κ3) is 1.81. The molecule has 2 aromatic rings. The quantitative estimate of drug-likeness (QED) is 0.806. The van der Waals surface area contributed by atoms with E-state index in [-0.39, 0.29) is 5.56 Å². The molecule has 6 heteroatoms. The maximum atomic E-state index is 13.3. The minimum absolute atomic E-state index is 0.350. The first-order valence-corrected chi connectivity index (χ1v) is 4.28. The summed E-state index contributed by atoms with van der Waals surface area (Å²) in [5.41, 5.74) is -1.60. The van der Waals surface area contributed by atoms with E-state index in [1.165, 1.54) is 0 Å². The molecule has 0 bridgehead atoms. The average Bonchev–Trinajstić information content (AvgIpc) is 2.25. The Morgan fingerprint density at radius 2 is 1.88 bits per heavy atom. The molecule has 0 saturated carbocycles. The predicted molar refractivity (Wildman–Crippen MR) is 50.2 cm³/mol. The fourth-order valence-corrected chi connectivity index (χ4v) is 1.26. The van der Waals surface area contributed by atoms with Crippen LogP contribution in [0.4, 0.5) is 13.2 Å². The minimum Gasteiger partial charge on any atom is -0.303 e. The van der Waals surface area contributed by atoms with Gasteiger partial charge in [-0.1, -0.05) is 0 Å². The first-order chi connectivity index (χ1) is 7.58. The second-order valence-corrected chi connectivity index (χ2v) is 3.04. The summed E-state index contributed by atoms with van der Waals surface area (Å²) >= 11 is 0. The molecule has 0 atom stereocenters. The highest BCUT2D eigenvalue weighted by molar-refractivity contribution is 5.59. The molecule has 1 heterocycles. The number of aromatic amines is 1. The van der Waals surface area contributed by atoms with Crippen LogP contribution in [0.15, 0.2) is 29.2 Å². The van der Waals surface area contributed by atoms with E-state index < -0.39 is 28.8 Å². The van der Waals surface area contributed by atoms with Gasteiger partial charge in [0.05, 0.1) is 11.9 Å². The van der Waals surface area contributed by atoms with Gasteiger partial charge in [-0.15, -0.1) is 0 Å². The molecule has 0 aliphatic heterocycles. The zero-order valence-electron chi connectivity index (χ0n) is 7.80. The summed E-state index contributed by atoms with van der Waals surface area (Å²) in [6.45, 7) is 0. The van der Waals surface area contributed by atoms with Crippen LogP contribution in [0.5, 0.6) is 0 Å². The Labute approximate surface area is 87.6 Å². The first-order valence-electron chi connectivity index (χ1n) is 4.28. The molecular formula is C10H5F3N2O. The maximum Gasteiger partial charge on any atom is 0.345 e. The summed E-state index contributed by atoms with van der Waals surface area (Å²) in [5, 5.41) is 0. The van der Waals surface area contributed by atoms with E-state index in [2.05, 4.69) is 4.98 Å². The number of hydrogen-bond acceptors (Lipinski definition) is 2. The van der Waals surface area contributed by atoms with Crippen LogP contribution < -0.4 is 5.69 Å². The molecule has 0 fully saturated rings. The smallest absolute Gasteiger partial charge is 0.303 e. The summed E-state index contributed by atoms with van der Waals surface area (Å²) in [5.74, 6) is -2.49. The van der Waals surface area contributed by atoms with E-state index >= 15 is 0 Å². The van der Waals surface area contributed by atoms with Crippen molar-refractivity contribution in [2.75, 3.05) is 0 Å². The fraction of sp³-hybridized carbons (Fsp3) is 0. The van der Waals surface area contributed by atoms with E-state index in [1.54, 1.807) is 0 Å². The standard InChI is InChI=1S/C10H5F3N2O/c11-5-1-2-7(12)6(3-5)9-8(13)4-14-10(16)15-9/h1-4H,(H,14,15,16). The van der Waals surface area contributed by atoms with Crippen LogP contribution in [0, 0.1) is 17.5 Å². The molecule has 0 amide bonds. The Hall–Kier alpha value is -2.11. The third-order valence-corrected chi connectivity index (χ3v) is 1.96. The Morgan fingerprint density at radius 1 is 1.12 bits per heavy atom. The van der Waals surface area contributed by atoms with Crippen molar-refractivity contribution >= 4 is 0 Å². The number of benzene rings is 1. The molecule has 2 rings (SSSR count). The third-order valence-electron chi connectivity index (χ3n) is 1.96. The summed E-state index contributed by atoms with van der Waals surface area (Å²) in [4.78, 5) is 16.0. The number of halogens is 3. The van der Waals surface area contributed by atoms with Gasteiger partial charge >= 0.3 is 5.69 Å². The van der Waals surface area contributed by atoms with Crippen LogP contribution in [0.3, 0.4) is 0 Å². The van der Waals surface area contributed by atoms with Gasteiger partial charge in [-0.3, -0.25) is 0 Å². The molecule has 1 N–H and O–H groups in total. The van der Waals surface area contributed by atoms with Crippen LogP contribution in [0.1, 0.15) is 0 Å². The SMILES string of the molecule is O=c1ncc(F)c(-c2cc(F)ccc2F)[nH]1. The van der Waals surface area contributed by atoms with Crippen molar-refractivity contribution in [2.24, 2.45) is 0 Å². The Morgan fingerprint density at radius 3 is 2.62 bits per heavy atom. The molecular weight excluding hydrogens is 221 g/mol. The predicted octanol–water partition coefficient (Wildman–Crippen LogP) is 1.85. The second-order valence-electron chi connectivity index (χ2n) is 3.04. The lowest BCUT2D eigenvalue weighted by molar-refractivity contribution is 0.592.